The molecule has 1 aromatic heterocycles. The minimum atomic E-state index is -2.42. The molecule has 0 aliphatic carbocycles. The maximum atomic E-state index is 12.6. The summed E-state index contributed by atoms with van der Waals surface area (Å²) in [7, 11) is 1.57. The van der Waals surface area contributed by atoms with Gasteiger partial charge in [0, 0.05) is 19.2 Å². The van der Waals surface area contributed by atoms with Gasteiger partial charge in [0.25, 0.3) is 6.43 Å². The normalized spacial score (nSPS) is 16.3. The first-order valence-corrected chi connectivity index (χ1v) is 4.23. The second-order valence-electron chi connectivity index (χ2n) is 3.16. The van der Waals surface area contributed by atoms with Gasteiger partial charge in [0.2, 0.25) is 0 Å². The Kier molecular flexibility index (Phi) is 2.03. The van der Waals surface area contributed by atoms with Crippen molar-refractivity contribution in [2.24, 2.45) is 7.05 Å². The molecule has 0 aromatic carbocycles. The molecular formula is C8H11F2N3. The summed E-state index contributed by atoms with van der Waals surface area (Å²) in [5, 5.41) is 7.15. The lowest BCUT2D eigenvalue weighted by Crippen LogP contribution is -2.23. The van der Waals surface area contributed by atoms with Crippen LogP contribution in [0.5, 0.6) is 0 Å². The van der Waals surface area contributed by atoms with Crippen molar-refractivity contribution in [1.29, 1.82) is 0 Å². The van der Waals surface area contributed by atoms with Crippen LogP contribution in [0.25, 0.3) is 0 Å². The Morgan fingerprint density at radius 3 is 3.00 bits per heavy atom. The van der Waals surface area contributed by atoms with E-state index in [-0.39, 0.29) is 5.69 Å². The molecule has 0 unspecified atom stereocenters. The maximum absolute atomic E-state index is 12.6. The van der Waals surface area contributed by atoms with Crippen LogP contribution in [0, 0.1) is 0 Å². The second-order valence-corrected chi connectivity index (χ2v) is 3.16. The summed E-state index contributed by atoms with van der Waals surface area (Å²) in [5.41, 5.74) is 1.58. The molecule has 0 atom stereocenters. The molecule has 0 radical (unpaired) electrons. The number of aromatic nitrogens is 2. The van der Waals surface area contributed by atoms with Crippen LogP contribution in [0.15, 0.2) is 0 Å². The molecule has 0 amide bonds. The highest BCUT2D eigenvalue weighted by Gasteiger charge is 2.24. The third-order valence-corrected chi connectivity index (χ3v) is 2.33. The molecule has 1 N–H and O–H groups in total. The molecule has 1 aliphatic heterocycles. The van der Waals surface area contributed by atoms with E-state index in [0.717, 1.165) is 17.8 Å². The average Bonchev–Trinajstić information content (AvgIpc) is 2.39. The summed E-state index contributed by atoms with van der Waals surface area (Å²) in [6.07, 6.45) is -1.76. The molecular weight excluding hydrogens is 176 g/mol. The van der Waals surface area contributed by atoms with Crippen LogP contribution in [0.2, 0.25) is 0 Å². The lowest BCUT2D eigenvalue weighted by atomic mass is 10.1. The number of aryl methyl sites for hydroxylation is 1. The SMILES string of the molecule is Cn1nc2c(c1C(F)F)CCNC2. The van der Waals surface area contributed by atoms with E-state index in [2.05, 4.69) is 10.4 Å². The Balaban J connectivity index is 2.48. The first-order chi connectivity index (χ1) is 6.20. The molecule has 1 aromatic rings. The number of fused-ring (bicyclic) bond motifs is 1. The first kappa shape index (κ1) is 8.62. The van der Waals surface area contributed by atoms with Gasteiger partial charge in [0.15, 0.2) is 0 Å². The molecule has 0 fully saturated rings. The number of hydrogen-bond acceptors (Lipinski definition) is 2. The average molecular weight is 187 g/mol. The molecule has 2 heterocycles. The van der Waals surface area contributed by atoms with Crippen LogP contribution in [0.4, 0.5) is 8.78 Å². The van der Waals surface area contributed by atoms with Crippen molar-refractivity contribution in [3.8, 4) is 0 Å². The zero-order valence-corrected chi connectivity index (χ0v) is 7.35. The molecule has 2 rings (SSSR count). The third kappa shape index (κ3) is 1.33. The van der Waals surface area contributed by atoms with Gasteiger partial charge < -0.3 is 5.32 Å². The van der Waals surface area contributed by atoms with E-state index in [4.69, 9.17) is 0 Å². The van der Waals surface area contributed by atoms with Gasteiger partial charge in [-0.15, -0.1) is 0 Å². The topological polar surface area (TPSA) is 29.9 Å². The van der Waals surface area contributed by atoms with Crippen molar-refractivity contribution in [3.63, 3.8) is 0 Å². The standard InChI is InChI=1S/C8H11F2N3/c1-13-7(8(9)10)5-2-3-11-4-6(5)12-13/h8,11H,2-4H2,1H3. The van der Waals surface area contributed by atoms with Crippen LogP contribution < -0.4 is 5.32 Å². The summed E-state index contributed by atoms with van der Waals surface area (Å²) in [5.74, 6) is 0. The van der Waals surface area contributed by atoms with Gasteiger partial charge in [0.05, 0.1) is 5.69 Å². The highest BCUT2D eigenvalue weighted by atomic mass is 19.3. The fourth-order valence-electron chi connectivity index (χ4n) is 1.75. The molecule has 0 spiro atoms. The largest absolute Gasteiger partial charge is 0.311 e. The molecule has 3 nitrogen and oxygen atoms in total. The number of nitrogens with zero attached hydrogens (tertiary/aromatic N) is 2. The minimum Gasteiger partial charge on any atom is -0.311 e. The van der Waals surface area contributed by atoms with Crippen molar-refractivity contribution in [1.82, 2.24) is 15.1 Å². The molecule has 72 valence electrons. The molecule has 1 aliphatic rings. The number of halogens is 2. The van der Waals surface area contributed by atoms with Crippen molar-refractivity contribution in [3.05, 3.63) is 17.0 Å². The lowest BCUT2D eigenvalue weighted by molar-refractivity contribution is 0.139. The number of hydrogen-bond donors (Lipinski definition) is 1. The summed E-state index contributed by atoms with van der Waals surface area (Å²) in [4.78, 5) is 0. The van der Waals surface area contributed by atoms with Crippen LogP contribution in [-0.2, 0) is 20.0 Å². The Labute approximate surface area is 74.7 Å². The van der Waals surface area contributed by atoms with E-state index < -0.39 is 6.43 Å². The second kappa shape index (κ2) is 3.06. The zero-order chi connectivity index (χ0) is 9.42. The smallest absolute Gasteiger partial charge is 0.280 e. The minimum absolute atomic E-state index is 0.0801. The third-order valence-electron chi connectivity index (χ3n) is 2.33. The van der Waals surface area contributed by atoms with Crippen LogP contribution in [0.3, 0.4) is 0 Å². The van der Waals surface area contributed by atoms with Gasteiger partial charge in [-0.25, -0.2) is 8.78 Å². The lowest BCUT2D eigenvalue weighted by Gasteiger charge is -2.12. The number of alkyl halides is 2. The van der Waals surface area contributed by atoms with Crippen LogP contribution >= 0.6 is 0 Å². The van der Waals surface area contributed by atoms with Gasteiger partial charge in [0.1, 0.15) is 5.69 Å². The van der Waals surface area contributed by atoms with Gasteiger partial charge in [-0.05, 0) is 13.0 Å². The Hall–Kier alpha value is -0.970. The van der Waals surface area contributed by atoms with Crippen LogP contribution in [0.1, 0.15) is 23.4 Å². The van der Waals surface area contributed by atoms with Gasteiger partial charge in [-0.1, -0.05) is 0 Å². The Bertz CT molecular complexity index is 319. The predicted molar refractivity (Wildman–Crippen MR) is 43.6 cm³/mol. The van der Waals surface area contributed by atoms with Crippen LogP contribution in [-0.4, -0.2) is 16.3 Å². The van der Waals surface area contributed by atoms with Crippen molar-refractivity contribution < 1.29 is 8.78 Å². The van der Waals surface area contributed by atoms with Crippen molar-refractivity contribution in [2.75, 3.05) is 6.54 Å². The highest BCUT2D eigenvalue weighted by molar-refractivity contribution is 5.29. The van der Waals surface area contributed by atoms with E-state index in [1.807, 2.05) is 0 Å². The zero-order valence-electron chi connectivity index (χ0n) is 7.35. The monoisotopic (exact) mass is 187 g/mol. The van der Waals surface area contributed by atoms with Gasteiger partial charge in [-0.3, -0.25) is 4.68 Å². The Morgan fingerprint density at radius 2 is 2.31 bits per heavy atom. The van der Waals surface area contributed by atoms with E-state index in [0.29, 0.717) is 13.0 Å². The van der Waals surface area contributed by atoms with Crippen molar-refractivity contribution in [2.45, 2.75) is 19.4 Å². The predicted octanol–water partition coefficient (Wildman–Crippen LogP) is 1.00. The molecule has 5 heteroatoms. The summed E-state index contributed by atoms with van der Waals surface area (Å²) < 4.78 is 26.4. The summed E-state index contributed by atoms with van der Waals surface area (Å²) in [6, 6.07) is 0. The number of rotatable bonds is 1. The number of nitrogens with one attached hydrogen (secondary N) is 1. The van der Waals surface area contributed by atoms with E-state index in [9.17, 15) is 8.78 Å². The first-order valence-electron chi connectivity index (χ1n) is 4.23. The molecule has 13 heavy (non-hydrogen) atoms. The van der Waals surface area contributed by atoms with Crippen molar-refractivity contribution >= 4 is 0 Å². The summed E-state index contributed by atoms with van der Waals surface area (Å²) >= 11 is 0. The molecule has 0 saturated heterocycles. The maximum Gasteiger partial charge on any atom is 0.280 e. The Morgan fingerprint density at radius 1 is 1.54 bits per heavy atom. The van der Waals surface area contributed by atoms with Gasteiger partial charge >= 0.3 is 0 Å². The quantitative estimate of drug-likeness (QED) is 0.711. The molecule has 0 saturated carbocycles. The van der Waals surface area contributed by atoms with Gasteiger partial charge in [-0.2, -0.15) is 5.10 Å². The van der Waals surface area contributed by atoms with E-state index >= 15 is 0 Å². The van der Waals surface area contributed by atoms with E-state index in [1.54, 1.807) is 7.05 Å². The fraction of sp³-hybridized carbons (Fsp3) is 0.625. The summed E-state index contributed by atoms with van der Waals surface area (Å²) in [6.45, 7) is 1.37. The molecule has 0 bridgehead atoms. The highest BCUT2D eigenvalue weighted by Crippen LogP contribution is 2.26. The fourth-order valence-corrected chi connectivity index (χ4v) is 1.75. The van der Waals surface area contributed by atoms with E-state index in [1.165, 1.54) is 4.68 Å².